The normalized spacial score (nSPS) is 10.7. The fourth-order valence-corrected chi connectivity index (χ4v) is 4.77. The van der Waals surface area contributed by atoms with Gasteiger partial charge in [0.2, 0.25) is 5.91 Å². The van der Waals surface area contributed by atoms with Crippen LogP contribution in [-0.4, -0.2) is 69.2 Å². The van der Waals surface area contributed by atoms with Crippen molar-refractivity contribution in [3.63, 3.8) is 0 Å². The molecular formula is C28H33FN2O5S. The highest BCUT2D eigenvalue weighted by Crippen LogP contribution is 2.28. The summed E-state index contributed by atoms with van der Waals surface area (Å²) >= 11 is 1.59. The number of benzene rings is 2. The van der Waals surface area contributed by atoms with Crippen molar-refractivity contribution in [2.45, 2.75) is 19.9 Å². The topological polar surface area (TPSA) is 68.3 Å². The Morgan fingerprint density at radius 3 is 2.38 bits per heavy atom. The lowest BCUT2D eigenvalue weighted by Gasteiger charge is -2.28. The van der Waals surface area contributed by atoms with E-state index in [9.17, 15) is 14.0 Å². The Morgan fingerprint density at radius 1 is 0.946 bits per heavy atom. The monoisotopic (exact) mass is 528 g/mol. The first-order chi connectivity index (χ1) is 17.9. The number of rotatable bonds is 13. The van der Waals surface area contributed by atoms with Crippen LogP contribution in [0.3, 0.4) is 0 Å². The SMILES string of the molecule is COCCN(CC(=O)N(CCc1ccc(OC)c(OC)c1)Cc1sccc1C)C(=O)c1cccc(F)c1. The fourth-order valence-electron chi connectivity index (χ4n) is 3.85. The molecule has 0 fully saturated rings. The highest BCUT2D eigenvalue weighted by molar-refractivity contribution is 7.10. The van der Waals surface area contributed by atoms with Crippen LogP contribution in [0.5, 0.6) is 11.5 Å². The summed E-state index contributed by atoms with van der Waals surface area (Å²) in [7, 11) is 4.70. The lowest BCUT2D eigenvalue weighted by molar-refractivity contribution is -0.132. The maximum Gasteiger partial charge on any atom is 0.254 e. The zero-order valence-electron chi connectivity index (χ0n) is 21.7. The number of hydrogen-bond donors (Lipinski definition) is 0. The van der Waals surface area contributed by atoms with Gasteiger partial charge in [-0.15, -0.1) is 11.3 Å². The second-order valence-corrected chi connectivity index (χ2v) is 9.51. The third kappa shape index (κ3) is 7.77. The summed E-state index contributed by atoms with van der Waals surface area (Å²) in [4.78, 5) is 31.0. The number of thiophene rings is 1. The minimum absolute atomic E-state index is 0.144. The van der Waals surface area contributed by atoms with E-state index >= 15 is 0 Å². The van der Waals surface area contributed by atoms with Gasteiger partial charge in [-0.3, -0.25) is 9.59 Å². The quantitative estimate of drug-likeness (QED) is 0.325. The molecular weight excluding hydrogens is 495 g/mol. The van der Waals surface area contributed by atoms with Gasteiger partial charge in [-0.1, -0.05) is 12.1 Å². The van der Waals surface area contributed by atoms with Crippen LogP contribution in [0, 0.1) is 12.7 Å². The summed E-state index contributed by atoms with van der Waals surface area (Å²) < 4.78 is 29.7. The van der Waals surface area contributed by atoms with Crippen LogP contribution in [0.25, 0.3) is 0 Å². The van der Waals surface area contributed by atoms with E-state index in [1.54, 1.807) is 36.5 Å². The average Bonchev–Trinajstić information content (AvgIpc) is 3.32. The van der Waals surface area contributed by atoms with Crippen molar-refractivity contribution in [2.75, 3.05) is 47.6 Å². The van der Waals surface area contributed by atoms with E-state index < -0.39 is 11.7 Å². The van der Waals surface area contributed by atoms with Crippen LogP contribution in [0.1, 0.15) is 26.4 Å². The third-order valence-corrected chi connectivity index (χ3v) is 7.03. The highest BCUT2D eigenvalue weighted by atomic mass is 32.1. The molecule has 0 radical (unpaired) electrons. The van der Waals surface area contributed by atoms with Crippen molar-refractivity contribution in [3.05, 3.63) is 81.3 Å². The van der Waals surface area contributed by atoms with Gasteiger partial charge in [0, 0.05) is 30.6 Å². The molecule has 2 amide bonds. The van der Waals surface area contributed by atoms with Gasteiger partial charge in [0.15, 0.2) is 11.5 Å². The predicted molar refractivity (Wildman–Crippen MR) is 142 cm³/mol. The molecule has 0 unspecified atom stereocenters. The Balaban J connectivity index is 1.80. The summed E-state index contributed by atoms with van der Waals surface area (Å²) in [6, 6.07) is 13.2. The maximum absolute atomic E-state index is 13.8. The van der Waals surface area contributed by atoms with Crippen molar-refractivity contribution >= 4 is 23.2 Å². The van der Waals surface area contributed by atoms with Gasteiger partial charge in [-0.2, -0.15) is 0 Å². The smallest absolute Gasteiger partial charge is 0.254 e. The summed E-state index contributed by atoms with van der Waals surface area (Å²) in [5.41, 5.74) is 2.29. The second-order valence-electron chi connectivity index (χ2n) is 8.51. The molecule has 7 nitrogen and oxygen atoms in total. The van der Waals surface area contributed by atoms with Gasteiger partial charge in [-0.05, 0) is 66.2 Å². The lowest BCUT2D eigenvalue weighted by Crippen LogP contribution is -2.44. The molecule has 198 valence electrons. The van der Waals surface area contributed by atoms with Crippen molar-refractivity contribution in [1.29, 1.82) is 0 Å². The first-order valence-electron chi connectivity index (χ1n) is 11.9. The largest absolute Gasteiger partial charge is 0.493 e. The zero-order chi connectivity index (χ0) is 26.8. The van der Waals surface area contributed by atoms with E-state index in [1.165, 1.54) is 30.2 Å². The van der Waals surface area contributed by atoms with Crippen LogP contribution >= 0.6 is 11.3 Å². The predicted octanol–water partition coefficient (Wildman–Crippen LogP) is 4.57. The molecule has 3 aromatic rings. The molecule has 0 N–H and O–H groups in total. The standard InChI is InChI=1S/C28H33FN2O5S/c1-20-11-15-37-26(20)18-30(12-10-21-8-9-24(35-3)25(16-21)36-4)27(32)19-31(13-14-34-2)28(33)22-6-5-7-23(29)17-22/h5-9,11,15-17H,10,12-14,18-19H2,1-4H3. The summed E-state index contributed by atoms with van der Waals surface area (Å²) in [5.74, 6) is 0.135. The Hall–Kier alpha value is -3.43. The molecule has 1 aromatic heterocycles. The van der Waals surface area contributed by atoms with Crippen LogP contribution in [-0.2, 0) is 22.5 Å². The molecule has 0 saturated heterocycles. The van der Waals surface area contributed by atoms with Crippen LogP contribution in [0.4, 0.5) is 4.39 Å². The molecule has 0 bridgehead atoms. The number of hydrogen-bond acceptors (Lipinski definition) is 6. The Kier molecular flexibility index (Phi) is 10.5. The van der Waals surface area contributed by atoms with Crippen molar-refractivity contribution in [1.82, 2.24) is 9.80 Å². The Bertz CT molecular complexity index is 1200. The molecule has 9 heteroatoms. The Morgan fingerprint density at radius 2 is 1.73 bits per heavy atom. The number of methoxy groups -OCH3 is 3. The first kappa shape index (κ1) is 28.1. The van der Waals surface area contributed by atoms with Gasteiger partial charge < -0.3 is 24.0 Å². The number of ether oxygens (including phenoxy) is 3. The maximum atomic E-state index is 13.8. The van der Waals surface area contributed by atoms with Gasteiger partial charge in [0.25, 0.3) is 5.91 Å². The van der Waals surface area contributed by atoms with E-state index in [0.29, 0.717) is 31.0 Å². The van der Waals surface area contributed by atoms with Crippen LogP contribution in [0.2, 0.25) is 0 Å². The van der Waals surface area contributed by atoms with Gasteiger partial charge in [0.05, 0.1) is 27.4 Å². The van der Waals surface area contributed by atoms with Crippen molar-refractivity contribution in [3.8, 4) is 11.5 Å². The molecule has 1 heterocycles. The van der Waals surface area contributed by atoms with E-state index in [-0.39, 0.29) is 31.2 Å². The minimum Gasteiger partial charge on any atom is -0.493 e. The fraction of sp³-hybridized carbons (Fsp3) is 0.357. The zero-order valence-corrected chi connectivity index (χ0v) is 22.5. The number of carbonyl (C=O) groups is 2. The molecule has 0 atom stereocenters. The number of halogens is 1. The number of carbonyl (C=O) groups excluding carboxylic acids is 2. The van der Waals surface area contributed by atoms with E-state index in [1.807, 2.05) is 36.6 Å². The van der Waals surface area contributed by atoms with E-state index in [4.69, 9.17) is 14.2 Å². The summed E-state index contributed by atoms with van der Waals surface area (Å²) in [6.45, 7) is 3.21. The molecule has 0 saturated carbocycles. The molecule has 0 aliphatic carbocycles. The molecule has 2 aromatic carbocycles. The first-order valence-corrected chi connectivity index (χ1v) is 12.8. The van der Waals surface area contributed by atoms with Crippen LogP contribution < -0.4 is 9.47 Å². The number of nitrogens with zero attached hydrogens (tertiary/aromatic N) is 2. The average molecular weight is 529 g/mol. The summed E-state index contributed by atoms with van der Waals surface area (Å²) in [5, 5.41) is 2.00. The lowest BCUT2D eigenvalue weighted by atomic mass is 10.1. The van der Waals surface area contributed by atoms with E-state index in [2.05, 4.69) is 0 Å². The second kappa shape index (κ2) is 13.8. The summed E-state index contributed by atoms with van der Waals surface area (Å²) in [6.07, 6.45) is 0.590. The molecule has 0 spiro atoms. The highest BCUT2D eigenvalue weighted by Gasteiger charge is 2.23. The van der Waals surface area contributed by atoms with Crippen molar-refractivity contribution < 1.29 is 28.2 Å². The molecule has 0 aliphatic heterocycles. The van der Waals surface area contributed by atoms with Crippen molar-refractivity contribution in [2.24, 2.45) is 0 Å². The van der Waals surface area contributed by atoms with Gasteiger partial charge >= 0.3 is 0 Å². The number of amides is 2. The van der Waals surface area contributed by atoms with E-state index in [0.717, 1.165) is 16.0 Å². The minimum atomic E-state index is -0.506. The third-order valence-electron chi connectivity index (χ3n) is 6.02. The number of aryl methyl sites for hydroxylation is 1. The molecule has 37 heavy (non-hydrogen) atoms. The molecule has 0 aliphatic rings. The van der Waals surface area contributed by atoms with Gasteiger partial charge in [0.1, 0.15) is 12.4 Å². The molecule has 3 rings (SSSR count). The Labute approximate surface area is 221 Å². The van der Waals surface area contributed by atoms with Gasteiger partial charge in [-0.25, -0.2) is 4.39 Å². The van der Waals surface area contributed by atoms with Crippen LogP contribution in [0.15, 0.2) is 53.9 Å².